The molecule has 5 nitrogen and oxygen atoms in total. The first-order valence-corrected chi connectivity index (χ1v) is 9.34. The Bertz CT molecular complexity index is 630. The summed E-state index contributed by atoms with van der Waals surface area (Å²) in [4.78, 5) is 12.1. The number of nitrogens with one attached hydrogen (secondary N) is 1. The summed E-state index contributed by atoms with van der Waals surface area (Å²) < 4.78 is 24.8. The van der Waals surface area contributed by atoms with Crippen LogP contribution in [0.5, 0.6) is 0 Å². The van der Waals surface area contributed by atoms with E-state index in [2.05, 4.69) is 5.32 Å². The van der Waals surface area contributed by atoms with Crippen LogP contribution in [0.3, 0.4) is 0 Å². The molecule has 7 heteroatoms. The van der Waals surface area contributed by atoms with Crippen molar-refractivity contribution in [2.75, 3.05) is 24.7 Å². The lowest BCUT2D eigenvalue weighted by atomic mass is 10.1. The highest BCUT2D eigenvalue weighted by Crippen LogP contribution is 2.22. The number of benzene rings is 1. The lowest BCUT2D eigenvalue weighted by Gasteiger charge is -2.20. The number of amides is 1. The minimum absolute atomic E-state index is 0.197. The van der Waals surface area contributed by atoms with Crippen molar-refractivity contribution >= 4 is 33.2 Å². The molecule has 0 unspecified atom stereocenters. The van der Waals surface area contributed by atoms with E-state index in [0.29, 0.717) is 29.6 Å². The number of rotatable bonds is 7. The monoisotopic (exact) mass is 346 g/mol. The summed E-state index contributed by atoms with van der Waals surface area (Å²) in [5.74, 6) is -0.0120. The summed E-state index contributed by atoms with van der Waals surface area (Å²) >= 11 is 6.00. The molecule has 1 aromatic rings. The normalized spacial score (nSPS) is 12.0. The van der Waals surface area contributed by atoms with Gasteiger partial charge in [0.25, 0.3) is 0 Å². The van der Waals surface area contributed by atoms with Crippen LogP contribution in [0.1, 0.15) is 25.8 Å². The Morgan fingerprint density at radius 3 is 2.55 bits per heavy atom. The second-order valence-electron chi connectivity index (χ2n) is 5.74. The molecule has 1 N–H and O–H groups in total. The van der Waals surface area contributed by atoms with Gasteiger partial charge in [0.2, 0.25) is 15.9 Å². The molecule has 124 valence electrons. The molecule has 0 aliphatic heterocycles. The average Bonchev–Trinajstić information content (AvgIpc) is 2.38. The van der Waals surface area contributed by atoms with Gasteiger partial charge in [0, 0.05) is 17.3 Å². The molecule has 0 saturated heterocycles. The maximum absolute atomic E-state index is 12.1. The van der Waals surface area contributed by atoms with E-state index in [-0.39, 0.29) is 12.5 Å². The molecule has 1 aromatic carbocycles. The fourth-order valence-electron chi connectivity index (χ4n) is 1.86. The largest absolute Gasteiger partial charge is 0.325 e. The molecule has 0 radical (unpaired) electrons. The Morgan fingerprint density at radius 1 is 1.36 bits per heavy atom. The van der Waals surface area contributed by atoms with Crippen molar-refractivity contribution in [3.05, 3.63) is 28.8 Å². The minimum atomic E-state index is -3.42. The molecule has 1 rings (SSSR count). The van der Waals surface area contributed by atoms with Crippen LogP contribution in [-0.4, -0.2) is 38.0 Å². The van der Waals surface area contributed by atoms with Crippen LogP contribution >= 0.6 is 11.6 Å². The summed E-state index contributed by atoms with van der Waals surface area (Å²) in [5, 5.41) is 3.27. The summed E-state index contributed by atoms with van der Waals surface area (Å²) in [6.45, 7) is 5.95. The SMILES string of the molecule is Cc1c(Cl)cccc1NC(=O)CN(CCC(C)C)S(C)(=O)=O. The second kappa shape index (κ2) is 7.94. The standard InChI is InChI=1S/C15H23ClN2O3S/c1-11(2)8-9-18(22(4,20)21)10-15(19)17-14-7-5-6-13(16)12(14)3/h5-7,11H,8-10H2,1-4H3,(H,17,19). The third-order valence-electron chi connectivity index (χ3n) is 3.29. The first-order valence-electron chi connectivity index (χ1n) is 7.11. The molecular formula is C15H23ClN2O3S. The van der Waals surface area contributed by atoms with Crippen LogP contribution in [0.15, 0.2) is 18.2 Å². The van der Waals surface area contributed by atoms with Crippen LogP contribution in [0, 0.1) is 12.8 Å². The van der Waals surface area contributed by atoms with Gasteiger partial charge in [-0.15, -0.1) is 0 Å². The van der Waals surface area contributed by atoms with E-state index in [4.69, 9.17) is 11.6 Å². The molecule has 0 fully saturated rings. The molecule has 0 aliphatic rings. The summed E-state index contributed by atoms with van der Waals surface area (Å²) in [6, 6.07) is 5.20. The number of hydrogen-bond donors (Lipinski definition) is 1. The number of halogens is 1. The van der Waals surface area contributed by atoms with E-state index < -0.39 is 10.0 Å². The van der Waals surface area contributed by atoms with Gasteiger partial charge in [-0.2, -0.15) is 4.31 Å². The zero-order chi connectivity index (χ0) is 16.9. The zero-order valence-electron chi connectivity index (χ0n) is 13.4. The van der Waals surface area contributed by atoms with Gasteiger partial charge in [-0.05, 0) is 37.0 Å². The van der Waals surface area contributed by atoms with Crippen molar-refractivity contribution in [3.8, 4) is 0 Å². The number of carbonyl (C=O) groups is 1. The fourth-order valence-corrected chi connectivity index (χ4v) is 2.82. The van der Waals surface area contributed by atoms with Gasteiger partial charge in [-0.25, -0.2) is 8.42 Å². The van der Waals surface area contributed by atoms with Crippen molar-refractivity contribution in [3.63, 3.8) is 0 Å². The van der Waals surface area contributed by atoms with Gasteiger partial charge in [0.05, 0.1) is 12.8 Å². The van der Waals surface area contributed by atoms with Crippen LogP contribution in [-0.2, 0) is 14.8 Å². The van der Waals surface area contributed by atoms with Crippen molar-refractivity contribution in [1.29, 1.82) is 0 Å². The Labute approximate surface area is 137 Å². The predicted octanol–water partition coefficient (Wildman–Crippen LogP) is 2.89. The molecule has 1 amide bonds. The lowest BCUT2D eigenvalue weighted by molar-refractivity contribution is -0.116. The maximum Gasteiger partial charge on any atom is 0.239 e. The summed E-state index contributed by atoms with van der Waals surface area (Å²) in [6.07, 6.45) is 1.82. The van der Waals surface area contributed by atoms with Crippen LogP contribution in [0.2, 0.25) is 5.02 Å². The topological polar surface area (TPSA) is 66.5 Å². The number of sulfonamides is 1. The first kappa shape index (κ1) is 18.9. The second-order valence-corrected chi connectivity index (χ2v) is 8.13. The molecule has 0 heterocycles. The molecular weight excluding hydrogens is 324 g/mol. The van der Waals surface area contributed by atoms with Gasteiger partial charge in [0.15, 0.2) is 0 Å². The first-order chi connectivity index (χ1) is 10.1. The Morgan fingerprint density at radius 2 is 2.00 bits per heavy atom. The predicted molar refractivity (Wildman–Crippen MR) is 90.7 cm³/mol. The third kappa shape index (κ3) is 5.94. The summed E-state index contributed by atoms with van der Waals surface area (Å²) in [5.41, 5.74) is 1.35. The van der Waals surface area contributed by atoms with Crippen LogP contribution < -0.4 is 5.32 Å². The maximum atomic E-state index is 12.1. The van der Waals surface area contributed by atoms with Crippen LogP contribution in [0.25, 0.3) is 0 Å². The third-order valence-corrected chi connectivity index (χ3v) is 4.95. The van der Waals surface area contributed by atoms with E-state index in [9.17, 15) is 13.2 Å². The molecule has 0 saturated carbocycles. The van der Waals surface area contributed by atoms with E-state index in [0.717, 1.165) is 11.8 Å². The Kier molecular flexibility index (Phi) is 6.84. The van der Waals surface area contributed by atoms with Crippen molar-refractivity contribution in [1.82, 2.24) is 4.31 Å². The number of nitrogens with zero attached hydrogens (tertiary/aromatic N) is 1. The van der Waals surface area contributed by atoms with E-state index >= 15 is 0 Å². The quantitative estimate of drug-likeness (QED) is 0.825. The molecule has 22 heavy (non-hydrogen) atoms. The minimum Gasteiger partial charge on any atom is -0.325 e. The molecule has 0 spiro atoms. The van der Waals surface area contributed by atoms with Gasteiger partial charge >= 0.3 is 0 Å². The molecule has 0 atom stereocenters. The number of anilines is 1. The van der Waals surface area contributed by atoms with Gasteiger partial charge in [-0.3, -0.25) is 4.79 Å². The van der Waals surface area contributed by atoms with Gasteiger partial charge < -0.3 is 5.32 Å². The summed E-state index contributed by atoms with van der Waals surface area (Å²) in [7, 11) is -3.42. The average molecular weight is 347 g/mol. The van der Waals surface area contributed by atoms with Crippen molar-refractivity contribution in [2.45, 2.75) is 27.2 Å². The van der Waals surface area contributed by atoms with Crippen LogP contribution in [0.4, 0.5) is 5.69 Å². The van der Waals surface area contributed by atoms with Gasteiger partial charge in [0.1, 0.15) is 0 Å². The lowest BCUT2D eigenvalue weighted by Crippen LogP contribution is -2.38. The molecule has 0 aromatic heterocycles. The highest BCUT2D eigenvalue weighted by atomic mass is 35.5. The van der Waals surface area contributed by atoms with E-state index in [1.807, 2.05) is 13.8 Å². The van der Waals surface area contributed by atoms with Crippen molar-refractivity contribution < 1.29 is 13.2 Å². The molecule has 0 aliphatic carbocycles. The smallest absolute Gasteiger partial charge is 0.239 e. The highest BCUT2D eigenvalue weighted by Gasteiger charge is 2.20. The van der Waals surface area contributed by atoms with E-state index in [1.165, 1.54) is 4.31 Å². The number of carbonyl (C=O) groups excluding carboxylic acids is 1. The fraction of sp³-hybridized carbons (Fsp3) is 0.533. The number of hydrogen-bond acceptors (Lipinski definition) is 3. The Hall–Kier alpha value is -1.11. The van der Waals surface area contributed by atoms with Crippen molar-refractivity contribution in [2.24, 2.45) is 5.92 Å². The zero-order valence-corrected chi connectivity index (χ0v) is 15.0. The highest BCUT2D eigenvalue weighted by molar-refractivity contribution is 7.88. The van der Waals surface area contributed by atoms with E-state index in [1.54, 1.807) is 25.1 Å². The van der Waals surface area contributed by atoms with Gasteiger partial charge in [-0.1, -0.05) is 31.5 Å². The Balaban J connectivity index is 2.77. The molecule has 0 bridgehead atoms.